The van der Waals surface area contributed by atoms with Gasteiger partial charge in [-0.05, 0) is 35.9 Å². The number of anilines is 1. The van der Waals surface area contributed by atoms with E-state index in [0.29, 0.717) is 11.1 Å². The van der Waals surface area contributed by atoms with Gasteiger partial charge in [0.25, 0.3) is 0 Å². The van der Waals surface area contributed by atoms with Crippen LogP contribution in [0.15, 0.2) is 97.1 Å². The number of halogens is 1. The highest BCUT2D eigenvalue weighted by molar-refractivity contribution is 7.92. The van der Waals surface area contributed by atoms with Crippen LogP contribution in [-0.4, -0.2) is 50.0 Å². The normalized spacial score (nSPS) is 14.6. The lowest BCUT2D eigenvalue weighted by Gasteiger charge is -2.35. The SMILES string of the molecule is CS(=O)(=O)N(CC(=O)N(Cc1ccccc1F)[C@@H](Cc1ccccc1)C(=O)NC1CCCCC1)c1cccc2ccccc12. The number of fused-ring (bicyclic) bond motifs is 1. The van der Waals surface area contributed by atoms with Gasteiger partial charge < -0.3 is 10.2 Å². The van der Waals surface area contributed by atoms with Crippen LogP contribution >= 0.6 is 0 Å². The van der Waals surface area contributed by atoms with Gasteiger partial charge in [0.2, 0.25) is 21.8 Å². The molecule has 2 amide bonds. The summed E-state index contributed by atoms with van der Waals surface area (Å²) in [6.45, 7) is -0.752. The third-order valence-electron chi connectivity index (χ3n) is 8.24. The van der Waals surface area contributed by atoms with Gasteiger partial charge in [0.15, 0.2) is 0 Å². The van der Waals surface area contributed by atoms with E-state index in [-0.39, 0.29) is 30.5 Å². The summed E-state index contributed by atoms with van der Waals surface area (Å²) in [5, 5.41) is 4.65. The Hall–Kier alpha value is -4.24. The van der Waals surface area contributed by atoms with Crippen molar-refractivity contribution in [3.63, 3.8) is 0 Å². The first kappa shape index (κ1) is 31.2. The fourth-order valence-corrected chi connectivity index (χ4v) is 6.79. The van der Waals surface area contributed by atoms with Crippen LogP contribution in [0.2, 0.25) is 0 Å². The van der Waals surface area contributed by atoms with E-state index in [0.717, 1.165) is 53.6 Å². The van der Waals surface area contributed by atoms with Gasteiger partial charge in [0.05, 0.1) is 11.9 Å². The zero-order valence-corrected chi connectivity index (χ0v) is 25.7. The quantitative estimate of drug-likeness (QED) is 0.230. The monoisotopic (exact) mass is 615 g/mol. The van der Waals surface area contributed by atoms with E-state index >= 15 is 4.39 Å². The minimum Gasteiger partial charge on any atom is -0.352 e. The zero-order chi connectivity index (χ0) is 31.1. The van der Waals surface area contributed by atoms with Crippen LogP contribution in [0.25, 0.3) is 10.8 Å². The summed E-state index contributed by atoms with van der Waals surface area (Å²) < 4.78 is 42.5. The molecule has 0 heterocycles. The molecule has 4 aromatic rings. The highest BCUT2D eigenvalue weighted by atomic mass is 32.2. The van der Waals surface area contributed by atoms with Crippen molar-refractivity contribution < 1.29 is 22.4 Å². The predicted molar refractivity (Wildman–Crippen MR) is 172 cm³/mol. The Bertz CT molecular complexity index is 1700. The lowest BCUT2D eigenvalue weighted by molar-refractivity contribution is -0.140. The van der Waals surface area contributed by atoms with Gasteiger partial charge in [0, 0.05) is 30.0 Å². The van der Waals surface area contributed by atoms with Gasteiger partial charge >= 0.3 is 0 Å². The van der Waals surface area contributed by atoms with Gasteiger partial charge in [0.1, 0.15) is 18.4 Å². The van der Waals surface area contributed by atoms with Crippen molar-refractivity contribution in [2.24, 2.45) is 0 Å². The third kappa shape index (κ3) is 7.63. The van der Waals surface area contributed by atoms with Crippen molar-refractivity contribution in [2.75, 3.05) is 17.1 Å². The molecule has 5 rings (SSSR count). The highest BCUT2D eigenvalue weighted by Gasteiger charge is 2.34. The molecule has 1 fully saturated rings. The van der Waals surface area contributed by atoms with Crippen LogP contribution in [0, 0.1) is 5.82 Å². The van der Waals surface area contributed by atoms with Crippen molar-refractivity contribution >= 4 is 38.3 Å². The molecule has 0 spiro atoms. The van der Waals surface area contributed by atoms with Crippen LogP contribution in [0.4, 0.5) is 10.1 Å². The molecule has 0 unspecified atom stereocenters. The van der Waals surface area contributed by atoms with E-state index in [9.17, 15) is 18.0 Å². The first-order chi connectivity index (χ1) is 21.2. The first-order valence-electron chi connectivity index (χ1n) is 15.0. The molecule has 0 bridgehead atoms. The maximum Gasteiger partial charge on any atom is 0.244 e. The maximum atomic E-state index is 15.0. The lowest BCUT2D eigenvalue weighted by atomic mass is 9.94. The summed E-state index contributed by atoms with van der Waals surface area (Å²) in [7, 11) is -3.94. The largest absolute Gasteiger partial charge is 0.352 e. The molecule has 1 aliphatic carbocycles. The molecule has 1 saturated carbocycles. The van der Waals surface area contributed by atoms with E-state index in [4.69, 9.17) is 0 Å². The zero-order valence-electron chi connectivity index (χ0n) is 24.9. The molecule has 0 aromatic heterocycles. The summed E-state index contributed by atoms with van der Waals surface area (Å²) in [4.78, 5) is 29.7. The Morgan fingerprint density at radius 2 is 1.52 bits per heavy atom. The predicted octanol–water partition coefficient (Wildman–Crippen LogP) is 5.83. The molecule has 0 aliphatic heterocycles. The van der Waals surface area contributed by atoms with E-state index in [1.165, 1.54) is 11.0 Å². The molecule has 1 atom stereocenters. The Kier molecular flexibility index (Phi) is 9.95. The van der Waals surface area contributed by atoms with Crippen LogP contribution in [0.1, 0.15) is 43.2 Å². The molecule has 1 N–H and O–H groups in total. The standard InChI is InChI=1S/C35H38FN3O4S/c1-44(42,43)39(32-22-12-17-27-15-8-10-20-30(27)32)25-34(40)38(24-28-16-9-11-21-31(28)36)33(23-26-13-4-2-5-14-26)35(41)37-29-18-6-3-7-19-29/h2,4-5,8-17,20-22,29,33H,3,6-7,18-19,23-25H2,1H3,(H,37,41)/t33-/m0/s1. The van der Waals surface area contributed by atoms with Crippen molar-refractivity contribution in [3.05, 3.63) is 114 Å². The van der Waals surface area contributed by atoms with Crippen molar-refractivity contribution in [1.82, 2.24) is 10.2 Å². The number of rotatable bonds is 11. The molecule has 4 aromatic carbocycles. The number of benzene rings is 4. The fraction of sp³-hybridized carbons (Fsp3) is 0.314. The fourth-order valence-electron chi connectivity index (χ4n) is 5.93. The number of hydrogen-bond acceptors (Lipinski definition) is 4. The molecule has 44 heavy (non-hydrogen) atoms. The van der Waals surface area contributed by atoms with Gasteiger partial charge in [-0.25, -0.2) is 12.8 Å². The smallest absolute Gasteiger partial charge is 0.244 e. The van der Waals surface area contributed by atoms with Gasteiger partial charge in [-0.15, -0.1) is 0 Å². The number of carbonyl (C=O) groups is 2. The van der Waals surface area contributed by atoms with Crippen molar-refractivity contribution in [2.45, 2.75) is 57.2 Å². The van der Waals surface area contributed by atoms with Crippen LogP contribution in [0.3, 0.4) is 0 Å². The molecule has 230 valence electrons. The summed E-state index contributed by atoms with van der Waals surface area (Å²) in [5.41, 5.74) is 1.42. The van der Waals surface area contributed by atoms with Gasteiger partial charge in [-0.2, -0.15) is 0 Å². The Labute approximate surface area is 258 Å². The molecule has 0 radical (unpaired) electrons. The second kappa shape index (κ2) is 14.0. The van der Waals surface area contributed by atoms with Gasteiger partial charge in [-0.3, -0.25) is 13.9 Å². The molecule has 0 saturated heterocycles. The Morgan fingerprint density at radius 1 is 0.864 bits per heavy atom. The molecular formula is C35H38FN3O4S. The number of amides is 2. The number of nitrogens with one attached hydrogen (secondary N) is 1. The van der Waals surface area contributed by atoms with E-state index in [2.05, 4.69) is 5.32 Å². The van der Waals surface area contributed by atoms with Crippen molar-refractivity contribution in [1.29, 1.82) is 0 Å². The maximum absolute atomic E-state index is 15.0. The average Bonchev–Trinajstić information content (AvgIpc) is 3.02. The summed E-state index contributed by atoms with van der Waals surface area (Å²) in [6, 6.07) is 27.1. The number of carbonyl (C=O) groups excluding carboxylic acids is 2. The third-order valence-corrected chi connectivity index (χ3v) is 9.36. The molecule has 9 heteroatoms. The number of sulfonamides is 1. The van der Waals surface area contributed by atoms with E-state index in [1.807, 2.05) is 54.6 Å². The summed E-state index contributed by atoms with van der Waals surface area (Å²) in [5.74, 6) is -1.45. The minimum absolute atomic E-state index is 0.0110. The number of hydrogen-bond donors (Lipinski definition) is 1. The Morgan fingerprint density at radius 3 is 2.25 bits per heavy atom. The highest BCUT2D eigenvalue weighted by Crippen LogP contribution is 2.29. The van der Waals surface area contributed by atoms with Gasteiger partial charge in [-0.1, -0.05) is 104 Å². The summed E-state index contributed by atoms with van der Waals surface area (Å²) in [6.07, 6.45) is 6.10. The average molecular weight is 616 g/mol. The second-order valence-corrected chi connectivity index (χ2v) is 13.3. The number of nitrogens with zero attached hydrogens (tertiary/aromatic N) is 2. The van der Waals surface area contributed by atoms with Crippen molar-refractivity contribution in [3.8, 4) is 0 Å². The summed E-state index contributed by atoms with van der Waals surface area (Å²) >= 11 is 0. The van der Waals surface area contributed by atoms with Crippen LogP contribution < -0.4 is 9.62 Å². The molecule has 1 aliphatic rings. The van der Waals surface area contributed by atoms with E-state index in [1.54, 1.807) is 36.4 Å². The van der Waals surface area contributed by atoms with Crippen LogP contribution in [0.5, 0.6) is 0 Å². The topological polar surface area (TPSA) is 86.8 Å². The Balaban J connectivity index is 1.55. The second-order valence-electron chi connectivity index (χ2n) is 11.4. The first-order valence-corrected chi connectivity index (χ1v) is 16.9. The minimum atomic E-state index is -3.94. The van der Waals surface area contributed by atoms with Crippen LogP contribution in [-0.2, 0) is 32.6 Å². The lowest BCUT2D eigenvalue weighted by Crippen LogP contribution is -2.55. The van der Waals surface area contributed by atoms with E-state index < -0.39 is 34.3 Å². The molecule has 7 nitrogen and oxygen atoms in total. The molecular weight excluding hydrogens is 577 g/mol.